The van der Waals surface area contributed by atoms with Crippen LogP contribution in [0.5, 0.6) is 0 Å². The smallest absolute Gasteiger partial charge is 0.153 e. The van der Waals surface area contributed by atoms with Gasteiger partial charge in [0, 0.05) is 18.4 Å². The molecule has 0 saturated carbocycles. The zero-order chi connectivity index (χ0) is 11.6. The maximum Gasteiger partial charge on any atom is 0.153 e. The maximum absolute atomic E-state index is 4.61. The Morgan fingerprint density at radius 3 is 2.00 bits per heavy atom. The molecule has 0 aliphatic heterocycles. The summed E-state index contributed by atoms with van der Waals surface area (Å²) in [6.07, 6.45) is 0. The molecule has 0 spiro atoms. The second-order valence-electron chi connectivity index (χ2n) is 5.21. The average molecular weight is 209 g/mol. The van der Waals surface area contributed by atoms with Crippen LogP contribution in [-0.2, 0) is 6.54 Å². The van der Waals surface area contributed by atoms with Crippen LogP contribution in [0.4, 0.5) is 0 Å². The summed E-state index contributed by atoms with van der Waals surface area (Å²) in [7, 11) is 0. The van der Waals surface area contributed by atoms with E-state index in [1.807, 2.05) is 0 Å². The van der Waals surface area contributed by atoms with Gasteiger partial charge in [-0.05, 0) is 5.92 Å². The van der Waals surface area contributed by atoms with Crippen LogP contribution in [0.15, 0.2) is 0 Å². The van der Waals surface area contributed by atoms with Crippen molar-refractivity contribution in [3.63, 3.8) is 0 Å². The fourth-order valence-corrected chi connectivity index (χ4v) is 1.52. The third-order valence-electron chi connectivity index (χ3n) is 2.29. The van der Waals surface area contributed by atoms with Gasteiger partial charge in [-0.1, -0.05) is 41.5 Å². The Labute approximate surface area is 92.9 Å². The lowest BCUT2D eigenvalue weighted by Crippen LogP contribution is -2.11. The molecule has 0 N–H and O–H groups in total. The molecule has 0 fully saturated rings. The Balaban J connectivity index is 3.00. The minimum atomic E-state index is 0.413. The fraction of sp³-hybridized carbons (Fsp3) is 0.833. The molecule has 0 saturated heterocycles. The van der Waals surface area contributed by atoms with Gasteiger partial charge in [-0.25, -0.2) is 9.67 Å². The van der Waals surface area contributed by atoms with Gasteiger partial charge in [0.05, 0.1) is 0 Å². The molecule has 1 aromatic rings. The van der Waals surface area contributed by atoms with Gasteiger partial charge in [0.1, 0.15) is 5.82 Å². The zero-order valence-electron chi connectivity index (χ0n) is 10.8. The van der Waals surface area contributed by atoms with E-state index in [9.17, 15) is 0 Å². The Morgan fingerprint density at radius 1 is 1.00 bits per heavy atom. The van der Waals surface area contributed by atoms with Crippen LogP contribution in [0.3, 0.4) is 0 Å². The van der Waals surface area contributed by atoms with E-state index in [0.29, 0.717) is 17.8 Å². The van der Waals surface area contributed by atoms with Crippen molar-refractivity contribution in [1.82, 2.24) is 14.8 Å². The summed E-state index contributed by atoms with van der Waals surface area (Å²) < 4.78 is 2.07. The number of rotatable bonds is 4. The summed E-state index contributed by atoms with van der Waals surface area (Å²) in [5, 5.41) is 4.58. The third-order valence-corrected chi connectivity index (χ3v) is 2.29. The molecule has 0 aliphatic rings. The van der Waals surface area contributed by atoms with Crippen LogP contribution in [0.2, 0.25) is 0 Å². The molecule has 86 valence electrons. The quantitative estimate of drug-likeness (QED) is 0.762. The van der Waals surface area contributed by atoms with Crippen LogP contribution >= 0.6 is 0 Å². The molecule has 15 heavy (non-hydrogen) atoms. The maximum atomic E-state index is 4.61. The van der Waals surface area contributed by atoms with Gasteiger partial charge < -0.3 is 0 Å². The van der Waals surface area contributed by atoms with Crippen LogP contribution in [0, 0.1) is 5.92 Å². The molecule has 0 aliphatic carbocycles. The zero-order valence-corrected chi connectivity index (χ0v) is 10.8. The standard InChI is InChI=1S/C12H23N3/c1-8(2)7-15-12(10(5)6)13-11(14-15)9(3)4/h8-10H,7H2,1-6H3. The van der Waals surface area contributed by atoms with E-state index in [-0.39, 0.29) is 0 Å². The molecule has 0 radical (unpaired) electrons. The summed E-state index contributed by atoms with van der Waals surface area (Å²) in [4.78, 5) is 4.61. The highest BCUT2D eigenvalue weighted by Gasteiger charge is 2.15. The molecular weight excluding hydrogens is 186 g/mol. The van der Waals surface area contributed by atoms with E-state index in [0.717, 1.165) is 18.2 Å². The lowest BCUT2D eigenvalue weighted by molar-refractivity contribution is 0.455. The molecule has 0 amide bonds. The molecule has 0 aromatic carbocycles. The third kappa shape index (κ3) is 3.05. The van der Waals surface area contributed by atoms with E-state index >= 15 is 0 Å². The number of hydrogen-bond acceptors (Lipinski definition) is 2. The predicted octanol–water partition coefficient (Wildman–Crippen LogP) is 3.18. The molecule has 0 bridgehead atoms. The van der Waals surface area contributed by atoms with Crippen LogP contribution in [0.1, 0.15) is 65.0 Å². The normalized spacial score (nSPS) is 12.1. The summed E-state index contributed by atoms with van der Waals surface area (Å²) in [6.45, 7) is 14.0. The average Bonchev–Trinajstić information content (AvgIpc) is 2.46. The first kappa shape index (κ1) is 12.2. The van der Waals surface area contributed by atoms with E-state index in [4.69, 9.17) is 0 Å². The van der Waals surface area contributed by atoms with E-state index < -0.39 is 0 Å². The second-order valence-corrected chi connectivity index (χ2v) is 5.21. The summed E-state index contributed by atoms with van der Waals surface area (Å²) in [6, 6.07) is 0. The first-order chi connectivity index (χ1) is 6.91. The lowest BCUT2D eigenvalue weighted by atomic mass is 10.2. The highest BCUT2D eigenvalue weighted by atomic mass is 15.3. The first-order valence-corrected chi connectivity index (χ1v) is 5.86. The highest BCUT2D eigenvalue weighted by Crippen LogP contribution is 2.17. The van der Waals surface area contributed by atoms with Crippen molar-refractivity contribution < 1.29 is 0 Å². The number of hydrogen-bond donors (Lipinski definition) is 0. The molecule has 1 aromatic heterocycles. The van der Waals surface area contributed by atoms with Crippen molar-refractivity contribution >= 4 is 0 Å². The summed E-state index contributed by atoms with van der Waals surface area (Å²) >= 11 is 0. The van der Waals surface area contributed by atoms with Crippen molar-refractivity contribution in [2.24, 2.45) is 5.92 Å². The minimum Gasteiger partial charge on any atom is -0.249 e. The van der Waals surface area contributed by atoms with Crippen LogP contribution < -0.4 is 0 Å². The summed E-state index contributed by atoms with van der Waals surface area (Å²) in [5.74, 6) is 3.57. The van der Waals surface area contributed by atoms with Gasteiger partial charge in [-0.2, -0.15) is 5.10 Å². The Kier molecular flexibility index (Phi) is 3.89. The molecule has 0 atom stereocenters. The molecule has 1 heterocycles. The van der Waals surface area contributed by atoms with Crippen molar-refractivity contribution in [2.45, 2.75) is 59.9 Å². The monoisotopic (exact) mass is 209 g/mol. The molecule has 3 nitrogen and oxygen atoms in total. The Hall–Kier alpha value is -0.860. The predicted molar refractivity (Wildman–Crippen MR) is 63.0 cm³/mol. The van der Waals surface area contributed by atoms with Gasteiger partial charge >= 0.3 is 0 Å². The van der Waals surface area contributed by atoms with Gasteiger partial charge in [0.15, 0.2) is 5.82 Å². The van der Waals surface area contributed by atoms with Gasteiger partial charge in [-0.3, -0.25) is 0 Å². The van der Waals surface area contributed by atoms with Crippen molar-refractivity contribution in [3.05, 3.63) is 11.6 Å². The van der Waals surface area contributed by atoms with E-state index in [2.05, 4.69) is 56.3 Å². The lowest BCUT2D eigenvalue weighted by Gasteiger charge is -2.09. The van der Waals surface area contributed by atoms with Crippen LogP contribution in [-0.4, -0.2) is 14.8 Å². The van der Waals surface area contributed by atoms with Crippen molar-refractivity contribution in [2.75, 3.05) is 0 Å². The number of aromatic nitrogens is 3. The molecule has 3 heteroatoms. The van der Waals surface area contributed by atoms with Gasteiger partial charge in [0.25, 0.3) is 0 Å². The Morgan fingerprint density at radius 2 is 1.60 bits per heavy atom. The van der Waals surface area contributed by atoms with Crippen molar-refractivity contribution in [3.8, 4) is 0 Å². The highest BCUT2D eigenvalue weighted by molar-refractivity contribution is 5.01. The van der Waals surface area contributed by atoms with E-state index in [1.165, 1.54) is 0 Å². The first-order valence-electron chi connectivity index (χ1n) is 5.86. The van der Waals surface area contributed by atoms with Gasteiger partial charge in [-0.15, -0.1) is 0 Å². The minimum absolute atomic E-state index is 0.413. The van der Waals surface area contributed by atoms with Crippen molar-refractivity contribution in [1.29, 1.82) is 0 Å². The summed E-state index contributed by atoms with van der Waals surface area (Å²) in [5.41, 5.74) is 0. The SMILES string of the molecule is CC(C)Cn1nc(C(C)C)nc1C(C)C. The topological polar surface area (TPSA) is 30.7 Å². The number of nitrogens with zero attached hydrogens (tertiary/aromatic N) is 3. The van der Waals surface area contributed by atoms with Crippen LogP contribution in [0.25, 0.3) is 0 Å². The largest absolute Gasteiger partial charge is 0.249 e. The molecular formula is C12H23N3. The molecule has 1 rings (SSSR count). The van der Waals surface area contributed by atoms with E-state index in [1.54, 1.807) is 0 Å². The fourth-order valence-electron chi connectivity index (χ4n) is 1.52. The second kappa shape index (κ2) is 4.77. The molecule has 0 unspecified atom stereocenters. The Bertz CT molecular complexity index is 311. The van der Waals surface area contributed by atoms with Gasteiger partial charge in [0.2, 0.25) is 0 Å².